The molecule has 0 aromatic rings. The second kappa shape index (κ2) is 11.3. The van der Waals surface area contributed by atoms with Gasteiger partial charge in [0.05, 0.1) is 17.9 Å². The van der Waals surface area contributed by atoms with Gasteiger partial charge in [0.1, 0.15) is 11.6 Å². The number of likely N-dealkylation sites (tertiary alicyclic amines) is 1. The van der Waals surface area contributed by atoms with Crippen LogP contribution in [-0.4, -0.2) is 94.1 Å². The molecule has 2 saturated heterocycles. The Balaban J connectivity index is 1.49. The Kier molecular flexibility index (Phi) is 8.05. The number of unbranched alkanes of at least 4 members (excludes halogenated alkanes) is 3. The lowest BCUT2D eigenvalue weighted by atomic mass is 9.77. The Morgan fingerprint density at radius 1 is 0.946 bits per heavy atom. The molecule has 1 aliphatic carbocycles. The SMILES string of the molecule is CCCN1CC=C[C@@H]2O[C@]34C=CCN(C5CCCCC5)C(=O)C3N(CCCCCCO)C(=O)[C@@H]4[C@@H]2C1=O. The van der Waals surface area contributed by atoms with Crippen LogP contribution in [0.15, 0.2) is 24.3 Å². The van der Waals surface area contributed by atoms with Crippen molar-refractivity contribution in [3.63, 3.8) is 0 Å². The molecule has 1 spiro atoms. The second-order valence-electron chi connectivity index (χ2n) is 11.4. The monoisotopic (exact) mass is 513 g/mol. The zero-order valence-electron chi connectivity index (χ0n) is 22.2. The highest BCUT2D eigenvalue weighted by molar-refractivity contribution is 5.99. The first-order valence-electron chi connectivity index (χ1n) is 14.6. The molecule has 8 nitrogen and oxygen atoms in total. The molecule has 0 aromatic carbocycles. The van der Waals surface area contributed by atoms with Crippen LogP contribution >= 0.6 is 0 Å². The van der Waals surface area contributed by atoms with E-state index in [-0.39, 0.29) is 30.4 Å². The predicted octanol–water partition coefficient (Wildman–Crippen LogP) is 2.66. The highest BCUT2D eigenvalue weighted by atomic mass is 16.5. The van der Waals surface area contributed by atoms with Gasteiger partial charge in [-0.1, -0.05) is 63.3 Å². The third-order valence-electron chi connectivity index (χ3n) is 9.09. The van der Waals surface area contributed by atoms with Crippen LogP contribution in [0.4, 0.5) is 0 Å². The van der Waals surface area contributed by atoms with Crippen molar-refractivity contribution in [3.8, 4) is 0 Å². The standard InChI is InChI=1S/C29H43N3O5/c1-2-16-30-17-10-14-22-23(26(30)34)24-27(35)32(18-8-3-4-9-20-33)25-28(36)31(21-12-6-5-7-13-21)19-11-15-29(24,25)37-22/h10-11,14-15,21-25,33H,2-9,12-13,16-20H2,1H3/t22-,23+,24-,25?,29-/m0/s1. The summed E-state index contributed by atoms with van der Waals surface area (Å²) in [7, 11) is 0. The van der Waals surface area contributed by atoms with Gasteiger partial charge in [0.2, 0.25) is 17.7 Å². The lowest BCUT2D eigenvalue weighted by Gasteiger charge is -2.39. The average molecular weight is 514 g/mol. The zero-order valence-corrected chi connectivity index (χ0v) is 22.2. The average Bonchev–Trinajstić information content (AvgIpc) is 3.21. The number of rotatable bonds is 9. The number of carbonyl (C=O) groups excluding carboxylic acids is 3. The topological polar surface area (TPSA) is 90.4 Å². The molecular formula is C29H43N3O5. The summed E-state index contributed by atoms with van der Waals surface area (Å²) in [6, 6.07) is -0.550. The van der Waals surface area contributed by atoms with Gasteiger partial charge in [0.25, 0.3) is 0 Å². The fourth-order valence-corrected chi connectivity index (χ4v) is 7.39. The largest absolute Gasteiger partial charge is 0.396 e. The third kappa shape index (κ3) is 4.65. The van der Waals surface area contributed by atoms with Crippen LogP contribution in [0.25, 0.3) is 0 Å². The van der Waals surface area contributed by atoms with Gasteiger partial charge in [-0.05, 0) is 32.1 Å². The maximum atomic E-state index is 14.3. The molecule has 4 aliphatic heterocycles. The van der Waals surface area contributed by atoms with Crippen LogP contribution in [0.5, 0.6) is 0 Å². The number of aliphatic hydroxyl groups excluding tert-OH is 1. The van der Waals surface area contributed by atoms with Crippen molar-refractivity contribution in [3.05, 3.63) is 24.3 Å². The summed E-state index contributed by atoms with van der Waals surface area (Å²) in [5.41, 5.74) is -1.12. The lowest BCUT2D eigenvalue weighted by molar-refractivity contribution is -0.150. The molecular weight excluding hydrogens is 470 g/mol. The molecule has 1 unspecified atom stereocenters. The van der Waals surface area contributed by atoms with E-state index >= 15 is 0 Å². The quantitative estimate of drug-likeness (QED) is 0.378. The molecule has 0 bridgehead atoms. The van der Waals surface area contributed by atoms with Crippen LogP contribution in [0.2, 0.25) is 0 Å². The number of nitrogens with zero attached hydrogens (tertiary/aromatic N) is 3. The van der Waals surface area contributed by atoms with Crippen molar-refractivity contribution in [1.82, 2.24) is 14.7 Å². The van der Waals surface area contributed by atoms with Crippen LogP contribution in [0.3, 0.4) is 0 Å². The van der Waals surface area contributed by atoms with Gasteiger partial charge in [-0.2, -0.15) is 0 Å². The van der Waals surface area contributed by atoms with Gasteiger partial charge < -0.3 is 24.5 Å². The first-order valence-corrected chi connectivity index (χ1v) is 14.6. The van der Waals surface area contributed by atoms with E-state index in [1.807, 2.05) is 41.0 Å². The van der Waals surface area contributed by atoms with Crippen molar-refractivity contribution in [1.29, 1.82) is 0 Å². The fourth-order valence-electron chi connectivity index (χ4n) is 7.39. The van der Waals surface area contributed by atoms with E-state index in [4.69, 9.17) is 9.84 Å². The summed E-state index contributed by atoms with van der Waals surface area (Å²) >= 11 is 0. The normalized spacial score (nSPS) is 34.0. The summed E-state index contributed by atoms with van der Waals surface area (Å²) in [5, 5.41) is 9.14. The number of aliphatic hydroxyl groups is 1. The molecule has 0 radical (unpaired) electrons. The summed E-state index contributed by atoms with van der Waals surface area (Å²) in [5.74, 6) is -1.49. The van der Waals surface area contributed by atoms with Crippen molar-refractivity contribution in [2.24, 2.45) is 11.8 Å². The van der Waals surface area contributed by atoms with Crippen LogP contribution in [-0.2, 0) is 19.1 Å². The second-order valence-corrected chi connectivity index (χ2v) is 11.4. The minimum atomic E-state index is -1.12. The van der Waals surface area contributed by atoms with E-state index in [9.17, 15) is 14.4 Å². The summed E-state index contributed by atoms with van der Waals surface area (Å²) in [6.45, 7) is 4.37. The molecule has 37 heavy (non-hydrogen) atoms. The fraction of sp³-hybridized carbons (Fsp3) is 0.759. The molecule has 5 rings (SSSR count). The Labute approximate surface area is 220 Å². The molecule has 0 aromatic heterocycles. The Bertz CT molecular complexity index is 929. The molecule has 3 amide bonds. The summed E-state index contributed by atoms with van der Waals surface area (Å²) < 4.78 is 6.73. The van der Waals surface area contributed by atoms with E-state index in [1.54, 1.807) is 4.90 Å². The first-order chi connectivity index (χ1) is 18.0. The van der Waals surface area contributed by atoms with Crippen LogP contribution in [0, 0.1) is 11.8 Å². The summed E-state index contributed by atoms with van der Waals surface area (Å²) in [4.78, 5) is 47.9. The lowest BCUT2D eigenvalue weighted by Crippen LogP contribution is -2.57. The third-order valence-corrected chi connectivity index (χ3v) is 9.09. The van der Waals surface area contributed by atoms with Crippen LogP contribution < -0.4 is 0 Å². The first kappa shape index (κ1) is 26.4. The van der Waals surface area contributed by atoms with Gasteiger partial charge >= 0.3 is 0 Å². The number of amides is 3. The van der Waals surface area contributed by atoms with Gasteiger partial charge in [0, 0.05) is 38.8 Å². The minimum Gasteiger partial charge on any atom is -0.396 e. The Morgan fingerprint density at radius 3 is 2.49 bits per heavy atom. The van der Waals surface area contributed by atoms with Gasteiger partial charge in [0.15, 0.2) is 0 Å². The van der Waals surface area contributed by atoms with Crippen molar-refractivity contribution >= 4 is 17.7 Å². The van der Waals surface area contributed by atoms with Gasteiger partial charge in [-0.15, -0.1) is 0 Å². The molecule has 5 aliphatic rings. The van der Waals surface area contributed by atoms with Crippen molar-refractivity contribution in [2.45, 2.75) is 94.9 Å². The smallest absolute Gasteiger partial charge is 0.249 e. The minimum absolute atomic E-state index is 0.0265. The number of fused-ring (bicyclic) bond motifs is 2. The number of ether oxygens (including phenoxy) is 1. The van der Waals surface area contributed by atoms with Crippen molar-refractivity contribution in [2.75, 3.05) is 32.8 Å². The summed E-state index contributed by atoms with van der Waals surface area (Å²) in [6.07, 6.45) is 16.9. The predicted molar refractivity (Wildman–Crippen MR) is 139 cm³/mol. The van der Waals surface area contributed by atoms with Gasteiger partial charge in [-0.3, -0.25) is 14.4 Å². The highest BCUT2D eigenvalue weighted by Gasteiger charge is 2.71. The van der Waals surface area contributed by atoms with E-state index in [2.05, 4.69) is 0 Å². The van der Waals surface area contributed by atoms with E-state index in [0.717, 1.165) is 57.8 Å². The Morgan fingerprint density at radius 2 is 1.73 bits per heavy atom. The molecule has 5 atom stereocenters. The van der Waals surface area contributed by atoms with Crippen molar-refractivity contribution < 1.29 is 24.2 Å². The molecule has 8 heteroatoms. The molecule has 4 heterocycles. The van der Waals surface area contributed by atoms with Crippen LogP contribution in [0.1, 0.15) is 71.1 Å². The molecule has 3 fully saturated rings. The highest BCUT2D eigenvalue weighted by Crippen LogP contribution is 2.53. The van der Waals surface area contributed by atoms with Gasteiger partial charge in [-0.25, -0.2) is 0 Å². The molecule has 1 N–H and O–H groups in total. The Hall–Kier alpha value is -2.19. The van der Waals surface area contributed by atoms with E-state index in [1.165, 1.54) is 6.42 Å². The maximum absolute atomic E-state index is 14.3. The zero-order chi connectivity index (χ0) is 26.0. The van der Waals surface area contributed by atoms with E-state index in [0.29, 0.717) is 26.2 Å². The van der Waals surface area contributed by atoms with E-state index < -0.39 is 29.6 Å². The molecule has 1 saturated carbocycles. The number of hydrogen-bond acceptors (Lipinski definition) is 5. The number of carbonyl (C=O) groups is 3. The molecule has 204 valence electrons. The number of hydrogen-bond donors (Lipinski definition) is 1. The maximum Gasteiger partial charge on any atom is 0.249 e.